The summed E-state index contributed by atoms with van der Waals surface area (Å²) < 4.78 is 5.17. The van der Waals surface area contributed by atoms with E-state index in [9.17, 15) is 9.59 Å². The zero-order valence-corrected chi connectivity index (χ0v) is 18.0. The lowest BCUT2D eigenvalue weighted by atomic mass is 10.1. The molecule has 1 N–H and O–H groups in total. The molecule has 5 nitrogen and oxygen atoms in total. The summed E-state index contributed by atoms with van der Waals surface area (Å²) in [6, 6.07) is 14.1. The molecule has 0 heterocycles. The van der Waals surface area contributed by atoms with Gasteiger partial charge in [0.05, 0.1) is 13.5 Å². The zero-order chi connectivity index (χ0) is 21.2. The van der Waals surface area contributed by atoms with Crippen molar-refractivity contribution >= 4 is 23.4 Å². The molecule has 0 saturated carbocycles. The Bertz CT molecular complexity index is 808. The zero-order valence-electron chi connectivity index (χ0n) is 17.3. The molecule has 0 spiro atoms. The van der Waals surface area contributed by atoms with Crippen molar-refractivity contribution in [3.05, 3.63) is 64.7 Å². The minimum Gasteiger partial charge on any atom is -0.497 e. The Morgan fingerprint density at radius 1 is 1.14 bits per heavy atom. The second-order valence-electron chi connectivity index (χ2n) is 6.96. The van der Waals surface area contributed by atoms with Gasteiger partial charge < -0.3 is 15.0 Å². The van der Waals surface area contributed by atoms with E-state index in [4.69, 9.17) is 16.3 Å². The smallest absolute Gasteiger partial charge is 0.242 e. The highest BCUT2D eigenvalue weighted by molar-refractivity contribution is 6.31. The van der Waals surface area contributed by atoms with Crippen molar-refractivity contribution in [2.24, 2.45) is 0 Å². The number of halogens is 1. The summed E-state index contributed by atoms with van der Waals surface area (Å²) >= 11 is 6.30. The first-order valence-corrected chi connectivity index (χ1v) is 10.3. The molecule has 2 rings (SSSR count). The highest BCUT2D eigenvalue weighted by Crippen LogP contribution is 2.20. The fourth-order valence-corrected chi connectivity index (χ4v) is 3.14. The number of hydrogen-bond acceptors (Lipinski definition) is 3. The fourth-order valence-electron chi connectivity index (χ4n) is 2.95. The first kappa shape index (κ1) is 22.8. The normalized spacial score (nSPS) is 11.6. The summed E-state index contributed by atoms with van der Waals surface area (Å²) in [6.45, 7) is 4.70. The number of carbonyl (C=O) groups excluding carboxylic acids is 2. The third-order valence-corrected chi connectivity index (χ3v) is 5.18. The van der Waals surface area contributed by atoms with E-state index in [0.717, 1.165) is 29.7 Å². The standard InChI is InChI=1S/C23H29ClN2O3/c1-4-5-14-25-23(28)17(2)26(16-19-8-6-7-9-21(19)24)22(27)15-18-10-12-20(29-3)13-11-18/h6-13,17H,4-5,14-16H2,1-3H3,(H,25,28)/t17-/m0/s1. The van der Waals surface area contributed by atoms with Gasteiger partial charge in [-0.25, -0.2) is 0 Å². The van der Waals surface area contributed by atoms with Gasteiger partial charge in [-0.1, -0.05) is 55.3 Å². The van der Waals surface area contributed by atoms with Crippen LogP contribution >= 0.6 is 11.6 Å². The fraction of sp³-hybridized carbons (Fsp3) is 0.391. The first-order chi connectivity index (χ1) is 14.0. The molecular weight excluding hydrogens is 388 g/mol. The van der Waals surface area contributed by atoms with Crippen LogP contribution in [0.25, 0.3) is 0 Å². The van der Waals surface area contributed by atoms with E-state index in [2.05, 4.69) is 12.2 Å². The Hall–Kier alpha value is -2.53. The van der Waals surface area contributed by atoms with Crippen LogP contribution in [-0.2, 0) is 22.6 Å². The number of hydrogen-bond donors (Lipinski definition) is 1. The van der Waals surface area contributed by atoms with E-state index in [-0.39, 0.29) is 24.8 Å². The molecule has 0 unspecified atom stereocenters. The maximum absolute atomic E-state index is 13.1. The van der Waals surface area contributed by atoms with Crippen molar-refractivity contribution in [1.29, 1.82) is 0 Å². The van der Waals surface area contributed by atoms with Crippen LogP contribution < -0.4 is 10.1 Å². The molecule has 2 amide bonds. The molecule has 0 aliphatic rings. The Morgan fingerprint density at radius 3 is 2.45 bits per heavy atom. The van der Waals surface area contributed by atoms with E-state index in [1.54, 1.807) is 25.0 Å². The maximum Gasteiger partial charge on any atom is 0.242 e. The number of benzene rings is 2. The van der Waals surface area contributed by atoms with Gasteiger partial charge in [0, 0.05) is 18.1 Å². The molecule has 1 atom stereocenters. The molecule has 0 fully saturated rings. The van der Waals surface area contributed by atoms with Crippen LogP contribution in [-0.4, -0.2) is 36.4 Å². The molecule has 2 aromatic carbocycles. The van der Waals surface area contributed by atoms with Crippen molar-refractivity contribution in [2.45, 2.75) is 45.7 Å². The van der Waals surface area contributed by atoms with Crippen molar-refractivity contribution < 1.29 is 14.3 Å². The van der Waals surface area contributed by atoms with Gasteiger partial charge in [-0.2, -0.15) is 0 Å². The molecule has 29 heavy (non-hydrogen) atoms. The van der Waals surface area contributed by atoms with Crippen molar-refractivity contribution in [3.8, 4) is 5.75 Å². The quantitative estimate of drug-likeness (QED) is 0.590. The van der Waals surface area contributed by atoms with Gasteiger partial charge in [-0.05, 0) is 42.7 Å². The van der Waals surface area contributed by atoms with Crippen LogP contribution in [0.2, 0.25) is 5.02 Å². The van der Waals surface area contributed by atoms with E-state index < -0.39 is 6.04 Å². The second kappa shape index (κ2) is 11.5. The Labute approximate surface area is 178 Å². The number of carbonyl (C=O) groups is 2. The highest BCUT2D eigenvalue weighted by atomic mass is 35.5. The summed E-state index contributed by atoms with van der Waals surface area (Å²) in [5.41, 5.74) is 1.67. The van der Waals surface area contributed by atoms with E-state index in [1.165, 1.54) is 0 Å². The minimum atomic E-state index is -0.603. The lowest BCUT2D eigenvalue weighted by molar-refractivity contribution is -0.140. The molecule has 0 aliphatic carbocycles. The number of nitrogens with zero attached hydrogens (tertiary/aromatic N) is 1. The number of unbranched alkanes of at least 4 members (excludes halogenated alkanes) is 1. The SMILES string of the molecule is CCCCNC(=O)[C@H](C)N(Cc1ccccc1Cl)C(=O)Cc1ccc(OC)cc1. The van der Waals surface area contributed by atoms with Crippen LogP contribution in [0.3, 0.4) is 0 Å². The molecule has 2 aromatic rings. The van der Waals surface area contributed by atoms with Crippen molar-refractivity contribution in [1.82, 2.24) is 10.2 Å². The summed E-state index contributed by atoms with van der Waals surface area (Å²) in [5.74, 6) is 0.444. The molecular formula is C23H29ClN2O3. The van der Waals surface area contributed by atoms with Crippen LogP contribution in [0.15, 0.2) is 48.5 Å². The monoisotopic (exact) mass is 416 g/mol. The first-order valence-electron chi connectivity index (χ1n) is 9.89. The lowest BCUT2D eigenvalue weighted by Gasteiger charge is -2.29. The third kappa shape index (κ3) is 6.79. The molecule has 0 bridgehead atoms. The minimum absolute atomic E-state index is 0.131. The van der Waals surface area contributed by atoms with E-state index >= 15 is 0 Å². The Balaban J connectivity index is 2.18. The van der Waals surface area contributed by atoms with E-state index in [0.29, 0.717) is 11.6 Å². The maximum atomic E-state index is 13.1. The van der Waals surface area contributed by atoms with Gasteiger partial charge in [-0.3, -0.25) is 9.59 Å². The average Bonchev–Trinajstić information content (AvgIpc) is 2.73. The number of ether oxygens (including phenoxy) is 1. The van der Waals surface area contributed by atoms with Gasteiger partial charge in [0.1, 0.15) is 11.8 Å². The largest absolute Gasteiger partial charge is 0.497 e. The van der Waals surface area contributed by atoms with Crippen LogP contribution in [0.4, 0.5) is 0 Å². The van der Waals surface area contributed by atoms with E-state index in [1.807, 2.05) is 42.5 Å². The number of methoxy groups -OCH3 is 1. The molecule has 156 valence electrons. The van der Waals surface area contributed by atoms with Gasteiger partial charge in [0.15, 0.2) is 0 Å². The van der Waals surface area contributed by atoms with Crippen LogP contribution in [0.5, 0.6) is 5.75 Å². The summed E-state index contributed by atoms with van der Waals surface area (Å²) in [6.07, 6.45) is 2.10. The number of rotatable bonds is 10. The Kier molecular flexibility index (Phi) is 9.00. The highest BCUT2D eigenvalue weighted by Gasteiger charge is 2.26. The summed E-state index contributed by atoms with van der Waals surface area (Å²) in [5, 5.41) is 3.49. The Morgan fingerprint density at radius 2 is 1.83 bits per heavy atom. The molecule has 0 aromatic heterocycles. The molecule has 6 heteroatoms. The average molecular weight is 417 g/mol. The number of nitrogens with one attached hydrogen (secondary N) is 1. The topological polar surface area (TPSA) is 58.6 Å². The molecule has 0 saturated heterocycles. The van der Waals surface area contributed by atoms with Crippen LogP contribution in [0, 0.1) is 0 Å². The second-order valence-corrected chi connectivity index (χ2v) is 7.37. The van der Waals surface area contributed by atoms with Crippen molar-refractivity contribution in [3.63, 3.8) is 0 Å². The molecule has 0 radical (unpaired) electrons. The predicted octanol–water partition coefficient (Wildman–Crippen LogP) is 4.22. The number of amides is 2. The summed E-state index contributed by atoms with van der Waals surface area (Å²) in [4.78, 5) is 27.3. The third-order valence-electron chi connectivity index (χ3n) is 4.81. The van der Waals surface area contributed by atoms with Crippen molar-refractivity contribution in [2.75, 3.05) is 13.7 Å². The van der Waals surface area contributed by atoms with Gasteiger partial charge in [0.25, 0.3) is 0 Å². The molecule has 0 aliphatic heterocycles. The summed E-state index contributed by atoms with van der Waals surface area (Å²) in [7, 11) is 1.60. The van der Waals surface area contributed by atoms with Crippen LogP contribution in [0.1, 0.15) is 37.8 Å². The van der Waals surface area contributed by atoms with Gasteiger partial charge in [-0.15, -0.1) is 0 Å². The predicted molar refractivity (Wildman–Crippen MR) is 116 cm³/mol. The van der Waals surface area contributed by atoms with Gasteiger partial charge in [0.2, 0.25) is 11.8 Å². The lowest BCUT2D eigenvalue weighted by Crippen LogP contribution is -2.48. The van der Waals surface area contributed by atoms with Gasteiger partial charge >= 0.3 is 0 Å².